The predicted molar refractivity (Wildman–Crippen MR) is 148 cm³/mol. The Balaban J connectivity index is 1.50. The molecule has 1 aliphatic carbocycles. The van der Waals surface area contributed by atoms with E-state index in [4.69, 9.17) is 9.47 Å². The number of rotatable bonds is 6. The van der Waals surface area contributed by atoms with Crippen LogP contribution in [0.5, 0.6) is 5.75 Å². The number of esters is 1. The number of likely N-dealkylation sites (N-methyl/N-ethyl adjacent to an activating group) is 1. The second-order valence-corrected chi connectivity index (χ2v) is 10.5. The van der Waals surface area contributed by atoms with Crippen LogP contribution in [-0.2, 0) is 14.3 Å². The van der Waals surface area contributed by atoms with E-state index in [9.17, 15) is 19.2 Å². The van der Waals surface area contributed by atoms with Crippen LogP contribution in [0.3, 0.4) is 0 Å². The Bertz CT molecular complexity index is 1470. The van der Waals surface area contributed by atoms with Crippen LogP contribution in [0.1, 0.15) is 39.1 Å². The quantitative estimate of drug-likeness (QED) is 0.268. The van der Waals surface area contributed by atoms with Crippen molar-refractivity contribution in [1.29, 1.82) is 0 Å². The Hall–Kier alpha value is -4.30. The number of benzene rings is 3. The van der Waals surface area contributed by atoms with E-state index in [2.05, 4.69) is 0 Å². The molecule has 2 fully saturated rings. The first-order valence-electron chi connectivity index (χ1n) is 13.4. The van der Waals surface area contributed by atoms with Crippen LogP contribution >= 0.6 is 0 Å². The fraction of sp³-hybridized carbons (Fsp3) is 0.312. The van der Waals surface area contributed by atoms with Crippen LogP contribution in [0.4, 0.5) is 5.69 Å². The van der Waals surface area contributed by atoms with E-state index < -0.39 is 46.9 Å². The number of anilines is 1. The first-order valence-corrected chi connectivity index (χ1v) is 13.4. The molecule has 1 amide bonds. The van der Waals surface area contributed by atoms with Crippen LogP contribution in [0.15, 0.2) is 78.9 Å². The molecule has 0 unspecified atom stereocenters. The summed E-state index contributed by atoms with van der Waals surface area (Å²) in [6, 6.07) is 22.8. The number of methoxy groups -OCH3 is 1. The van der Waals surface area contributed by atoms with Gasteiger partial charge >= 0.3 is 5.97 Å². The van der Waals surface area contributed by atoms with E-state index in [0.717, 1.165) is 5.56 Å². The van der Waals surface area contributed by atoms with Gasteiger partial charge in [0.1, 0.15) is 5.75 Å². The van der Waals surface area contributed by atoms with Gasteiger partial charge in [0.25, 0.3) is 0 Å². The molecule has 3 aliphatic rings. The third-order valence-corrected chi connectivity index (χ3v) is 8.71. The minimum absolute atomic E-state index is 0.102. The zero-order valence-electron chi connectivity index (χ0n) is 22.6. The molecule has 2 saturated heterocycles. The largest absolute Gasteiger partial charge is 0.497 e. The molecule has 0 aromatic heterocycles. The summed E-state index contributed by atoms with van der Waals surface area (Å²) in [7, 11) is 3.28. The molecule has 8 nitrogen and oxygen atoms in total. The fourth-order valence-corrected chi connectivity index (χ4v) is 7.01. The van der Waals surface area contributed by atoms with Crippen molar-refractivity contribution in [3.05, 3.63) is 95.6 Å². The average molecular weight is 539 g/mol. The van der Waals surface area contributed by atoms with Crippen molar-refractivity contribution in [1.82, 2.24) is 4.90 Å². The van der Waals surface area contributed by atoms with Gasteiger partial charge in [-0.3, -0.25) is 24.1 Å². The number of ether oxygens (including phenoxy) is 2. The predicted octanol–water partition coefficient (Wildman–Crippen LogP) is 3.75. The number of ketones is 2. The number of fused-ring (bicyclic) bond motifs is 1. The summed E-state index contributed by atoms with van der Waals surface area (Å²) in [5.74, 6) is -3.07. The Labute approximate surface area is 232 Å². The zero-order chi connectivity index (χ0) is 28.2. The lowest BCUT2D eigenvalue weighted by molar-refractivity contribution is -0.152. The zero-order valence-corrected chi connectivity index (χ0v) is 22.6. The first kappa shape index (κ1) is 26.0. The number of nitrogens with zero attached hydrogens (tertiary/aromatic N) is 2. The number of amides is 1. The highest BCUT2D eigenvalue weighted by Gasteiger charge is 2.71. The Kier molecular flexibility index (Phi) is 6.30. The normalized spacial score (nSPS) is 25.2. The van der Waals surface area contributed by atoms with E-state index in [1.165, 1.54) is 0 Å². The van der Waals surface area contributed by atoms with Crippen molar-refractivity contribution in [2.45, 2.75) is 24.4 Å². The van der Waals surface area contributed by atoms with Gasteiger partial charge in [0.05, 0.1) is 31.6 Å². The molecule has 2 heterocycles. The van der Waals surface area contributed by atoms with Crippen LogP contribution < -0.4 is 9.64 Å². The summed E-state index contributed by atoms with van der Waals surface area (Å²) in [6.07, 6.45) is 0. The Morgan fingerprint density at radius 3 is 2.08 bits per heavy atom. The standard InChI is InChI=1S/C32H30N2O6/c1-4-40-31(38)26-24(18-33(2)32(26)28(35)22-12-8-9-13-23(22)29(32)36)27-25(19-10-6-5-7-11-19)30(37)34(27)20-14-16-21(39-3)17-15-20/h5-17,24-27H,4,18H2,1-3H3/t24-,25+,26-,27-/m0/s1. The Morgan fingerprint density at radius 1 is 0.900 bits per heavy atom. The molecule has 2 aliphatic heterocycles. The molecule has 6 rings (SSSR count). The first-order chi connectivity index (χ1) is 19.4. The molecule has 204 valence electrons. The number of likely N-dealkylation sites (tertiary alicyclic amines) is 1. The lowest BCUT2D eigenvalue weighted by atomic mass is 9.66. The summed E-state index contributed by atoms with van der Waals surface area (Å²) in [4.78, 5) is 59.3. The molecule has 8 heteroatoms. The van der Waals surface area contributed by atoms with Crippen LogP contribution in [0, 0.1) is 11.8 Å². The maximum atomic E-state index is 14.1. The maximum absolute atomic E-state index is 14.1. The number of hydrogen-bond donors (Lipinski definition) is 0. The van der Waals surface area contributed by atoms with Crippen molar-refractivity contribution in [2.24, 2.45) is 11.8 Å². The Morgan fingerprint density at radius 2 is 1.50 bits per heavy atom. The number of carbonyl (C=O) groups is 4. The van der Waals surface area contributed by atoms with Crippen LogP contribution in [0.2, 0.25) is 0 Å². The molecule has 0 radical (unpaired) electrons. The van der Waals surface area contributed by atoms with E-state index in [1.807, 2.05) is 30.3 Å². The van der Waals surface area contributed by atoms with E-state index in [0.29, 0.717) is 22.6 Å². The molecule has 3 aromatic rings. The summed E-state index contributed by atoms with van der Waals surface area (Å²) < 4.78 is 10.9. The van der Waals surface area contributed by atoms with Crippen molar-refractivity contribution < 1.29 is 28.7 Å². The van der Waals surface area contributed by atoms with Gasteiger partial charge in [-0.25, -0.2) is 0 Å². The van der Waals surface area contributed by atoms with E-state index in [-0.39, 0.29) is 19.1 Å². The monoisotopic (exact) mass is 538 g/mol. The van der Waals surface area contributed by atoms with Gasteiger partial charge in [-0.2, -0.15) is 0 Å². The summed E-state index contributed by atoms with van der Waals surface area (Å²) in [5.41, 5.74) is 0.366. The molecule has 1 spiro atoms. The topological polar surface area (TPSA) is 93.2 Å². The third-order valence-electron chi connectivity index (χ3n) is 8.71. The highest BCUT2D eigenvalue weighted by Crippen LogP contribution is 2.54. The molecule has 0 saturated carbocycles. The van der Waals surface area contributed by atoms with Crippen molar-refractivity contribution >= 4 is 29.1 Å². The molecule has 3 aromatic carbocycles. The minimum atomic E-state index is -1.73. The van der Waals surface area contributed by atoms with Crippen LogP contribution in [0.25, 0.3) is 0 Å². The summed E-state index contributed by atoms with van der Waals surface area (Å²) in [5, 5.41) is 0. The van der Waals surface area contributed by atoms with Crippen molar-refractivity contribution in [3.8, 4) is 5.75 Å². The molecular formula is C32H30N2O6. The van der Waals surface area contributed by atoms with Crippen LogP contribution in [-0.4, -0.2) is 67.2 Å². The number of Topliss-reactive ketones (excluding diaryl/α,β-unsaturated/α-hetero) is 2. The third kappa shape index (κ3) is 3.48. The SMILES string of the molecule is CCOC(=O)[C@@H]1[C@@H]([C@H]2[C@@H](c3ccccc3)C(=O)N2c2ccc(OC)cc2)CN(C)C12C(=O)c1ccccc1C2=O. The second-order valence-electron chi connectivity index (χ2n) is 10.5. The van der Waals surface area contributed by atoms with Gasteiger partial charge in [-0.15, -0.1) is 0 Å². The number of β-lactam (4-membered cyclic amide) rings is 1. The van der Waals surface area contributed by atoms with E-state index >= 15 is 0 Å². The number of carbonyl (C=O) groups excluding carboxylic acids is 4. The van der Waals surface area contributed by atoms with Gasteiger partial charge in [-0.05, 0) is 43.8 Å². The molecule has 0 bridgehead atoms. The fourth-order valence-electron chi connectivity index (χ4n) is 7.01. The van der Waals surface area contributed by atoms with Gasteiger partial charge in [0, 0.05) is 29.3 Å². The van der Waals surface area contributed by atoms with Gasteiger partial charge < -0.3 is 14.4 Å². The lowest BCUT2D eigenvalue weighted by Crippen LogP contribution is -2.65. The molecule has 0 N–H and O–H groups in total. The smallest absolute Gasteiger partial charge is 0.312 e. The highest BCUT2D eigenvalue weighted by atomic mass is 16.5. The minimum Gasteiger partial charge on any atom is -0.497 e. The maximum Gasteiger partial charge on any atom is 0.312 e. The van der Waals surface area contributed by atoms with Gasteiger partial charge in [0.15, 0.2) is 17.1 Å². The van der Waals surface area contributed by atoms with E-state index in [1.54, 1.807) is 79.4 Å². The van der Waals surface area contributed by atoms with Gasteiger partial charge in [0.2, 0.25) is 5.91 Å². The number of hydrogen-bond acceptors (Lipinski definition) is 7. The molecule has 4 atom stereocenters. The summed E-state index contributed by atoms with van der Waals surface area (Å²) in [6.45, 7) is 2.06. The summed E-state index contributed by atoms with van der Waals surface area (Å²) >= 11 is 0. The molecular weight excluding hydrogens is 508 g/mol. The second kappa shape index (κ2) is 9.71. The lowest BCUT2D eigenvalue weighted by Gasteiger charge is -2.51. The molecule has 40 heavy (non-hydrogen) atoms. The van der Waals surface area contributed by atoms with Crippen molar-refractivity contribution in [3.63, 3.8) is 0 Å². The average Bonchev–Trinajstić information content (AvgIpc) is 3.39. The van der Waals surface area contributed by atoms with Gasteiger partial charge in [-0.1, -0.05) is 54.6 Å². The highest BCUT2D eigenvalue weighted by molar-refractivity contribution is 6.34. The van der Waals surface area contributed by atoms with Crippen molar-refractivity contribution in [2.75, 3.05) is 32.2 Å².